The van der Waals surface area contributed by atoms with Crippen molar-refractivity contribution in [2.24, 2.45) is 0 Å². The summed E-state index contributed by atoms with van der Waals surface area (Å²) < 4.78 is 23.5. The van der Waals surface area contributed by atoms with Gasteiger partial charge in [0.05, 0.1) is 6.54 Å². The van der Waals surface area contributed by atoms with Gasteiger partial charge in [-0.15, -0.1) is 0 Å². The van der Waals surface area contributed by atoms with E-state index in [0.717, 1.165) is 31.0 Å². The molecule has 1 aromatic heterocycles. The van der Waals surface area contributed by atoms with Crippen molar-refractivity contribution in [2.75, 3.05) is 19.3 Å². The first-order valence-electron chi connectivity index (χ1n) is 9.23. The van der Waals surface area contributed by atoms with Gasteiger partial charge in [0.15, 0.2) is 9.84 Å². The molecule has 1 aromatic rings. The molecule has 1 aliphatic carbocycles. The Bertz CT molecular complexity index is 842. The lowest BCUT2D eigenvalue weighted by Gasteiger charge is -2.34. The van der Waals surface area contributed by atoms with Gasteiger partial charge in [0.2, 0.25) is 0 Å². The largest absolute Gasteiger partial charge is 0.370 e. The van der Waals surface area contributed by atoms with E-state index in [-0.39, 0.29) is 0 Å². The number of aromatic nitrogens is 1. The fourth-order valence-electron chi connectivity index (χ4n) is 4.39. The molecule has 0 unspecified atom stereocenters. The highest BCUT2D eigenvalue weighted by atomic mass is 32.2. The lowest BCUT2D eigenvalue weighted by Crippen LogP contribution is -2.37. The average Bonchev–Trinajstić information content (AvgIpc) is 3.22. The number of nitrogens with zero attached hydrogens (tertiary/aromatic N) is 1. The lowest BCUT2D eigenvalue weighted by atomic mass is 10.0. The van der Waals surface area contributed by atoms with E-state index in [1.54, 1.807) is 6.08 Å². The molecular formula is C19H27N3O2S. The van der Waals surface area contributed by atoms with E-state index in [4.69, 9.17) is 0 Å². The number of fused-ring (bicyclic) bond motifs is 1. The summed E-state index contributed by atoms with van der Waals surface area (Å²) in [6.45, 7) is 4.49. The zero-order chi connectivity index (χ0) is 17.6. The molecule has 0 saturated heterocycles. The van der Waals surface area contributed by atoms with Crippen LogP contribution in [0.2, 0.25) is 0 Å². The molecule has 3 heterocycles. The van der Waals surface area contributed by atoms with E-state index in [1.165, 1.54) is 54.6 Å². The van der Waals surface area contributed by atoms with E-state index in [2.05, 4.69) is 21.3 Å². The standard InChI is InChI=1S/C19H27N3O2S/c1-13-9-19(25(2,23)24)20-11-18(13)22-8-7-16-15(12-22)10-17(21-16)14-5-3-4-6-14/h9-10,14,20-21H,3-8,11-12H2,1-2H3. The molecular weight excluding hydrogens is 334 g/mol. The number of hydrogen-bond acceptors (Lipinski definition) is 4. The topological polar surface area (TPSA) is 65.2 Å². The van der Waals surface area contributed by atoms with Gasteiger partial charge >= 0.3 is 0 Å². The zero-order valence-corrected chi connectivity index (χ0v) is 15.9. The van der Waals surface area contributed by atoms with Gasteiger partial charge in [-0.2, -0.15) is 0 Å². The summed E-state index contributed by atoms with van der Waals surface area (Å²) >= 11 is 0. The first-order chi connectivity index (χ1) is 11.9. The number of hydrogen-bond donors (Lipinski definition) is 2. The molecule has 0 amide bonds. The van der Waals surface area contributed by atoms with Gasteiger partial charge in [0.25, 0.3) is 0 Å². The smallest absolute Gasteiger partial charge is 0.190 e. The summed E-state index contributed by atoms with van der Waals surface area (Å²) in [5.41, 5.74) is 6.49. The Morgan fingerprint density at radius 2 is 2.00 bits per heavy atom. The summed E-state index contributed by atoms with van der Waals surface area (Å²) in [7, 11) is -3.18. The third kappa shape index (κ3) is 3.24. The van der Waals surface area contributed by atoms with E-state index in [0.29, 0.717) is 11.6 Å². The van der Waals surface area contributed by atoms with Crippen LogP contribution in [-0.2, 0) is 22.8 Å². The van der Waals surface area contributed by atoms with Gasteiger partial charge in [-0.25, -0.2) is 8.42 Å². The van der Waals surface area contributed by atoms with Crippen molar-refractivity contribution in [2.45, 2.75) is 51.5 Å². The highest BCUT2D eigenvalue weighted by Gasteiger charge is 2.26. The fraction of sp³-hybridized carbons (Fsp3) is 0.579. The lowest BCUT2D eigenvalue weighted by molar-refractivity contribution is 0.309. The Morgan fingerprint density at radius 3 is 2.68 bits per heavy atom. The predicted molar refractivity (Wildman–Crippen MR) is 99.7 cm³/mol. The molecule has 25 heavy (non-hydrogen) atoms. The maximum Gasteiger partial charge on any atom is 0.190 e. The van der Waals surface area contributed by atoms with Crippen LogP contribution in [0, 0.1) is 0 Å². The van der Waals surface area contributed by atoms with Gasteiger partial charge in [-0.05, 0) is 49.0 Å². The Hall–Kier alpha value is -1.69. The van der Waals surface area contributed by atoms with Crippen LogP contribution in [-0.4, -0.2) is 37.6 Å². The van der Waals surface area contributed by atoms with Crippen molar-refractivity contribution < 1.29 is 8.42 Å². The monoisotopic (exact) mass is 361 g/mol. The predicted octanol–water partition coefficient (Wildman–Crippen LogP) is 2.79. The molecule has 0 bridgehead atoms. The van der Waals surface area contributed by atoms with Crippen molar-refractivity contribution in [1.29, 1.82) is 0 Å². The van der Waals surface area contributed by atoms with E-state index in [1.807, 2.05) is 6.92 Å². The number of allylic oxidation sites excluding steroid dienone is 2. The third-order valence-corrected chi connectivity index (χ3v) is 6.88. The minimum atomic E-state index is -3.18. The third-order valence-electron chi connectivity index (χ3n) is 5.81. The molecule has 0 spiro atoms. The van der Waals surface area contributed by atoms with Crippen molar-refractivity contribution in [1.82, 2.24) is 15.2 Å². The number of rotatable bonds is 3. The molecule has 136 valence electrons. The summed E-state index contributed by atoms with van der Waals surface area (Å²) in [4.78, 5) is 6.08. The molecule has 2 aliphatic heterocycles. The van der Waals surface area contributed by atoms with Crippen molar-refractivity contribution in [3.63, 3.8) is 0 Å². The van der Waals surface area contributed by atoms with Gasteiger partial charge in [0, 0.05) is 42.9 Å². The van der Waals surface area contributed by atoms with E-state index < -0.39 is 9.84 Å². The van der Waals surface area contributed by atoms with Crippen molar-refractivity contribution >= 4 is 9.84 Å². The average molecular weight is 362 g/mol. The van der Waals surface area contributed by atoms with Crippen LogP contribution >= 0.6 is 0 Å². The molecule has 2 N–H and O–H groups in total. The molecule has 4 rings (SSSR count). The summed E-state index contributed by atoms with van der Waals surface area (Å²) in [6, 6.07) is 2.38. The molecule has 5 nitrogen and oxygen atoms in total. The zero-order valence-electron chi connectivity index (χ0n) is 15.1. The minimum Gasteiger partial charge on any atom is -0.370 e. The van der Waals surface area contributed by atoms with Gasteiger partial charge in [-0.3, -0.25) is 0 Å². The number of aromatic amines is 1. The number of dihydropyridines is 1. The first kappa shape index (κ1) is 16.8. The highest BCUT2D eigenvalue weighted by Crippen LogP contribution is 2.36. The fourth-order valence-corrected chi connectivity index (χ4v) is 5.11. The first-order valence-corrected chi connectivity index (χ1v) is 11.1. The molecule has 1 saturated carbocycles. The molecule has 0 aromatic carbocycles. The van der Waals surface area contributed by atoms with Gasteiger partial charge in [-0.1, -0.05) is 12.8 Å². The summed E-state index contributed by atoms with van der Waals surface area (Å²) in [6.07, 6.45) is 9.39. The second kappa shape index (κ2) is 6.24. The normalized spacial score (nSPS) is 22.0. The second-order valence-electron chi connectivity index (χ2n) is 7.65. The van der Waals surface area contributed by atoms with Crippen LogP contribution in [0.25, 0.3) is 0 Å². The van der Waals surface area contributed by atoms with Crippen LogP contribution in [0.4, 0.5) is 0 Å². The van der Waals surface area contributed by atoms with Crippen LogP contribution in [0.3, 0.4) is 0 Å². The van der Waals surface area contributed by atoms with Crippen LogP contribution < -0.4 is 5.32 Å². The Morgan fingerprint density at radius 1 is 1.24 bits per heavy atom. The maximum atomic E-state index is 11.7. The Balaban J connectivity index is 1.55. The minimum absolute atomic E-state index is 0.330. The quantitative estimate of drug-likeness (QED) is 0.869. The molecule has 6 heteroatoms. The molecule has 0 radical (unpaired) electrons. The van der Waals surface area contributed by atoms with E-state index in [9.17, 15) is 8.42 Å². The van der Waals surface area contributed by atoms with E-state index >= 15 is 0 Å². The Labute approximate surface area is 150 Å². The maximum absolute atomic E-state index is 11.7. The Kier molecular flexibility index (Phi) is 4.18. The van der Waals surface area contributed by atoms with Gasteiger partial charge in [0.1, 0.15) is 5.03 Å². The number of nitrogens with one attached hydrogen (secondary N) is 2. The van der Waals surface area contributed by atoms with Gasteiger partial charge < -0.3 is 15.2 Å². The molecule has 0 atom stereocenters. The second-order valence-corrected chi connectivity index (χ2v) is 9.63. The summed E-state index contributed by atoms with van der Waals surface area (Å²) in [5.74, 6) is 0.719. The van der Waals surface area contributed by atoms with Crippen molar-refractivity contribution in [3.8, 4) is 0 Å². The highest BCUT2D eigenvalue weighted by molar-refractivity contribution is 7.94. The number of sulfone groups is 1. The van der Waals surface area contributed by atoms with Crippen LogP contribution in [0.5, 0.6) is 0 Å². The SMILES string of the molecule is CC1=C(N2CCc3[nH]c(C4CCCC4)cc3C2)CNC(S(C)(=O)=O)=C1. The summed E-state index contributed by atoms with van der Waals surface area (Å²) in [5, 5.41) is 3.41. The van der Waals surface area contributed by atoms with Crippen LogP contribution in [0.15, 0.2) is 28.4 Å². The van der Waals surface area contributed by atoms with Crippen molar-refractivity contribution in [3.05, 3.63) is 45.4 Å². The molecule has 3 aliphatic rings. The molecule has 1 fully saturated rings. The number of H-pyrrole nitrogens is 1. The van der Waals surface area contributed by atoms with Crippen LogP contribution in [0.1, 0.15) is 55.5 Å².